The smallest absolute Gasteiger partial charge is 0.255 e. The number of carbonyl (C=O) groups excluding carboxylic acids is 3. The van der Waals surface area contributed by atoms with Crippen molar-refractivity contribution in [3.8, 4) is 5.75 Å². The standard InChI is InChI=1S/C32H33ClN4O4/c33-24-8-6-22(7-9-24)18-36-15-14-27(34-17-21-4-2-1-3-5-21)29(20-36)41-25-10-11-26-23(16-25)19-37(32(26)40)28-12-13-30(38)35-31(28)39/h1-11,16,27-29,34H,12-15,17-20H2,(H,35,38,39). The van der Waals surface area contributed by atoms with Crippen molar-refractivity contribution < 1.29 is 19.1 Å². The summed E-state index contributed by atoms with van der Waals surface area (Å²) in [7, 11) is 0. The number of piperidine rings is 2. The van der Waals surface area contributed by atoms with Gasteiger partial charge in [0.1, 0.15) is 17.9 Å². The first kappa shape index (κ1) is 27.4. The first-order valence-electron chi connectivity index (χ1n) is 14.1. The Hall–Kier alpha value is -3.72. The molecule has 9 heteroatoms. The Morgan fingerprint density at radius 3 is 2.54 bits per heavy atom. The molecule has 2 saturated heterocycles. The molecule has 212 valence electrons. The number of nitrogens with zero attached hydrogens (tertiary/aromatic N) is 2. The lowest BCUT2D eigenvalue weighted by Gasteiger charge is -2.39. The van der Waals surface area contributed by atoms with Gasteiger partial charge in [-0.1, -0.05) is 54.1 Å². The number of rotatable bonds is 8. The highest BCUT2D eigenvalue weighted by Crippen LogP contribution is 2.31. The number of likely N-dealkylation sites (tertiary alicyclic amines) is 1. The topological polar surface area (TPSA) is 91.0 Å². The summed E-state index contributed by atoms with van der Waals surface area (Å²) in [6.07, 6.45) is 1.39. The summed E-state index contributed by atoms with van der Waals surface area (Å²) in [5, 5.41) is 6.80. The number of imide groups is 1. The molecule has 3 unspecified atom stereocenters. The van der Waals surface area contributed by atoms with E-state index >= 15 is 0 Å². The minimum atomic E-state index is -0.636. The van der Waals surface area contributed by atoms with Gasteiger partial charge in [-0.15, -0.1) is 0 Å². The van der Waals surface area contributed by atoms with Gasteiger partial charge in [-0.2, -0.15) is 0 Å². The highest BCUT2D eigenvalue weighted by Gasteiger charge is 2.39. The molecule has 41 heavy (non-hydrogen) atoms. The lowest BCUT2D eigenvalue weighted by atomic mass is 10.00. The third-order valence-corrected chi connectivity index (χ3v) is 8.41. The van der Waals surface area contributed by atoms with Gasteiger partial charge in [-0.25, -0.2) is 0 Å². The molecule has 0 spiro atoms. The zero-order chi connectivity index (χ0) is 28.3. The molecule has 3 aromatic rings. The molecular weight excluding hydrogens is 540 g/mol. The third kappa shape index (κ3) is 6.30. The molecule has 8 nitrogen and oxygen atoms in total. The number of ether oxygens (including phenoxy) is 1. The van der Waals surface area contributed by atoms with E-state index in [1.807, 2.05) is 42.5 Å². The van der Waals surface area contributed by atoms with Crippen LogP contribution in [-0.2, 0) is 29.2 Å². The predicted octanol–water partition coefficient (Wildman–Crippen LogP) is 3.91. The molecule has 2 N–H and O–H groups in total. The van der Waals surface area contributed by atoms with Crippen molar-refractivity contribution in [2.75, 3.05) is 13.1 Å². The molecular formula is C32H33ClN4O4. The second kappa shape index (κ2) is 12.0. The number of nitrogens with one attached hydrogen (secondary N) is 2. The lowest BCUT2D eigenvalue weighted by Crippen LogP contribution is -2.54. The van der Waals surface area contributed by atoms with Crippen LogP contribution >= 0.6 is 11.6 Å². The van der Waals surface area contributed by atoms with Crippen molar-refractivity contribution in [1.82, 2.24) is 20.4 Å². The Morgan fingerprint density at radius 1 is 0.951 bits per heavy atom. The van der Waals surface area contributed by atoms with E-state index in [4.69, 9.17) is 16.3 Å². The minimum absolute atomic E-state index is 0.110. The summed E-state index contributed by atoms with van der Waals surface area (Å²) in [5.41, 5.74) is 3.83. The minimum Gasteiger partial charge on any atom is -0.487 e. The zero-order valence-electron chi connectivity index (χ0n) is 22.7. The molecule has 0 radical (unpaired) electrons. The molecule has 0 aromatic heterocycles. The SMILES string of the molecule is O=C1CCC(N2Cc3cc(OC4CN(Cc5ccc(Cl)cc5)CCC4NCc4ccccc4)ccc3C2=O)C(=O)N1. The van der Waals surface area contributed by atoms with Crippen molar-refractivity contribution in [1.29, 1.82) is 0 Å². The van der Waals surface area contributed by atoms with E-state index in [2.05, 4.69) is 39.8 Å². The van der Waals surface area contributed by atoms with Gasteiger partial charge in [0.25, 0.3) is 5.91 Å². The van der Waals surface area contributed by atoms with Gasteiger partial charge in [0.05, 0.1) is 0 Å². The van der Waals surface area contributed by atoms with Gasteiger partial charge in [0.2, 0.25) is 11.8 Å². The number of benzene rings is 3. The molecule has 3 heterocycles. The van der Waals surface area contributed by atoms with Crippen molar-refractivity contribution in [3.05, 3.63) is 100 Å². The molecule has 3 aliphatic heterocycles. The Morgan fingerprint density at radius 2 is 1.76 bits per heavy atom. The number of halogens is 1. The van der Waals surface area contributed by atoms with Crippen LogP contribution in [-0.4, -0.2) is 58.8 Å². The summed E-state index contributed by atoms with van der Waals surface area (Å²) in [6.45, 7) is 3.56. The van der Waals surface area contributed by atoms with Crippen LogP contribution in [0.4, 0.5) is 0 Å². The number of amides is 3. The molecule has 3 aliphatic rings. The van der Waals surface area contributed by atoms with Crippen LogP contribution in [0.15, 0.2) is 72.8 Å². The fourth-order valence-corrected chi connectivity index (χ4v) is 6.09. The molecule has 3 atom stereocenters. The number of carbonyl (C=O) groups is 3. The average molecular weight is 573 g/mol. The summed E-state index contributed by atoms with van der Waals surface area (Å²) >= 11 is 6.09. The molecule has 2 fully saturated rings. The zero-order valence-corrected chi connectivity index (χ0v) is 23.5. The number of hydrogen-bond acceptors (Lipinski definition) is 6. The van der Waals surface area contributed by atoms with E-state index in [0.29, 0.717) is 24.3 Å². The van der Waals surface area contributed by atoms with Gasteiger partial charge in [0.15, 0.2) is 0 Å². The average Bonchev–Trinajstić information content (AvgIpc) is 3.29. The summed E-state index contributed by atoms with van der Waals surface area (Å²) in [5.74, 6) is -0.185. The fourth-order valence-electron chi connectivity index (χ4n) is 5.97. The largest absolute Gasteiger partial charge is 0.487 e. The molecule has 0 saturated carbocycles. The highest BCUT2D eigenvalue weighted by molar-refractivity contribution is 6.30. The van der Waals surface area contributed by atoms with Crippen LogP contribution in [0, 0.1) is 0 Å². The quantitative estimate of drug-likeness (QED) is 0.398. The first-order chi connectivity index (χ1) is 19.9. The van der Waals surface area contributed by atoms with E-state index in [1.54, 1.807) is 11.0 Å². The second-order valence-electron chi connectivity index (χ2n) is 11.0. The molecule has 3 amide bonds. The number of hydrogen-bond donors (Lipinski definition) is 2. The summed E-state index contributed by atoms with van der Waals surface area (Å²) < 4.78 is 6.64. The van der Waals surface area contributed by atoms with Gasteiger partial charge in [0, 0.05) is 55.8 Å². The Balaban J connectivity index is 1.17. The van der Waals surface area contributed by atoms with Crippen LogP contribution in [0.25, 0.3) is 0 Å². The van der Waals surface area contributed by atoms with Crippen LogP contribution in [0.3, 0.4) is 0 Å². The van der Waals surface area contributed by atoms with Gasteiger partial charge >= 0.3 is 0 Å². The van der Waals surface area contributed by atoms with E-state index in [1.165, 1.54) is 11.1 Å². The van der Waals surface area contributed by atoms with Gasteiger partial charge < -0.3 is 15.0 Å². The monoisotopic (exact) mass is 572 g/mol. The fraction of sp³-hybridized carbons (Fsp3) is 0.344. The van der Waals surface area contributed by atoms with Crippen molar-refractivity contribution in [3.63, 3.8) is 0 Å². The normalized spacial score (nSPS) is 22.9. The maximum atomic E-state index is 13.1. The Labute approximate surface area is 244 Å². The number of fused-ring (bicyclic) bond motifs is 1. The maximum Gasteiger partial charge on any atom is 0.255 e. The first-order valence-corrected chi connectivity index (χ1v) is 14.5. The Kier molecular flexibility index (Phi) is 8.05. The highest BCUT2D eigenvalue weighted by atomic mass is 35.5. The van der Waals surface area contributed by atoms with Gasteiger partial charge in [-0.3, -0.25) is 24.6 Å². The summed E-state index contributed by atoms with van der Waals surface area (Å²) in [4.78, 5) is 41.1. The van der Waals surface area contributed by atoms with E-state index in [-0.39, 0.29) is 30.4 Å². The molecule has 0 bridgehead atoms. The molecule has 0 aliphatic carbocycles. The summed E-state index contributed by atoms with van der Waals surface area (Å²) in [6, 6.07) is 23.4. The van der Waals surface area contributed by atoms with Crippen LogP contribution in [0.1, 0.15) is 46.3 Å². The van der Waals surface area contributed by atoms with Crippen molar-refractivity contribution >= 4 is 29.3 Å². The second-order valence-corrected chi connectivity index (χ2v) is 11.4. The van der Waals surface area contributed by atoms with Crippen LogP contribution in [0.5, 0.6) is 5.75 Å². The van der Waals surface area contributed by atoms with E-state index in [9.17, 15) is 14.4 Å². The molecule has 3 aromatic carbocycles. The third-order valence-electron chi connectivity index (χ3n) is 8.16. The maximum absolute atomic E-state index is 13.1. The predicted molar refractivity (Wildman–Crippen MR) is 155 cm³/mol. The van der Waals surface area contributed by atoms with Crippen molar-refractivity contribution in [2.45, 2.75) is 57.1 Å². The molecule has 6 rings (SSSR count). The van der Waals surface area contributed by atoms with E-state index in [0.717, 1.165) is 43.2 Å². The van der Waals surface area contributed by atoms with Crippen LogP contribution in [0.2, 0.25) is 5.02 Å². The lowest BCUT2D eigenvalue weighted by molar-refractivity contribution is -0.136. The van der Waals surface area contributed by atoms with E-state index < -0.39 is 11.9 Å². The van der Waals surface area contributed by atoms with Crippen LogP contribution < -0.4 is 15.4 Å². The Bertz CT molecular complexity index is 1430. The van der Waals surface area contributed by atoms with Crippen molar-refractivity contribution in [2.24, 2.45) is 0 Å². The van der Waals surface area contributed by atoms with Gasteiger partial charge in [-0.05, 0) is 59.9 Å².